The summed E-state index contributed by atoms with van der Waals surface area (Å²) in [6.07, 6.45) is 5.64. The minimum absolute atomic E-state index is 0.114. The molecule has 0 saturated heterocycles. The first-order valence-electron chi connectivity index (χ1n) is 5.96. The second-order valence-corrected chi connectivity index (χ2v) is 5.36. The van der Waals surface area contributed by atoms with Crippen LogP contribution in [0.25, 0.3) is 0 Å². The number of hydrogen-bond donors (Lipinski definition) is 2. The number of aliphatic hydroxyl groups is 1. The molecule has 0 radical (unpaired) electrons. The number of rotatable bonds is 4. The molecule has 0 heterocycles. The van der Waals surface area contributed by atoms with Crippen LogP contribution >= 0.6 is 0 Å². The molecule has 1 aliphatic rings. The quantitative estimate of drug-likeness (QED) is 0.728. The molecule has 1 rings (SSSR count). The molecule has 2 unspecified atom stereocenters. The van der Waals surface area contributed by atoms with Crippen LogP contribution < -0.4 is 5.32 Å². The van der Waals surface area contributed by atoms with Crippen LogP contribution in [-0.2, 0) is 0 Å². The molecule has 0 spiro atoms. The Labute approximate surface area is 88.1 Å². The Bertz CT molecular complexity index is 168. The van der Waals surface area contributed by atoms with E-state index in [2.05, 4.69) is 26.1 Å². The van der Waals surface area contributed by atoms with E-state index in [1.165, 1.54) is 19.3 Å². The zero-order valence-electron chi connectivity index (χ0n) is 9.84. The largest absolute Gasteiger partial charge is 0.392 e. The van der Waals surface area contributed by atoms with Crippen LogP contribution in [0, 0.1) is 5.41 Å². The van der Waals surface area contributed by atoms with Gasteiger partial charge in [-0.1, -0.05) is 33.6 Å². The molecule has 1 aliphatic carbocycles. The van der Waals surface area contributed by atoms with Crippen LogP contribution in [0.3, 0.4) is 0 Å². The van der Waals surface area contributed by atoms with Gasteiger partial charge in [0, 0.05) is 12.6 Å². The van der Waals surface area contributed by atoms with E-state index in [1.807, 2.05) is 0 Å². The van der Waals surface area contributed by atoms with Crippen LogP contribution in [-0.4, -0.2) is 23.8 Å². The van der Waals surface area contributed by atoms with Gasteiger partial charge >= 0.3 is 0 Å². The normalized spacial score (nSPS) is 29.1. The zero-order chi connectivity index (χ0) is 10.6. The highest BCUT2D eigenvalue weighted by Gasteiger charge is 2.24. The fourth-order valence-electron chi connectivity index (χ4n) is 1.88. The van der Waals surface area contributed by atoms with Crippen LogP contribution in [0.2, 0.25) is 0 Å². The Morgan fingerprint density at radius 1 is 1.29 bits per heavy atom. The van der Waals surface area contributed by atoms with Gasteiger partial charge in [-0.25, -0.2) is 0 Å². The number of aliphatic hydroxyl groups excluding tert-OH is 1. The fraction of sp³-hybridized carbons (Fsp3) is 1.00. The molecule has 2 N–H and O–H groups in total. The predicted molar refractivity (Wildman–Crippen MR) is 60.3 cm³/mol. The Morgan fingerprint density at radius 2 is 1.93 bits per heavy atom. The fourth-order valence-corrected chi connectivity index (χ4v) is 1.88. The molecule has 2 atom stereocenters. The lowest BCUT2D eigenvalue weighted by Gasteiger charge is -2.32. The van der Waals surface area contributed by atoms with Gasteiger partial charge in [-0.15, -0.1) is 0 Å². The molecule has 0 aromatic rings. The maximum atomic E-state index is 9.78. The summed E-state index contributed by atoms with van der Waals surface area (Å²) in [6.45, 7) is 7.79. The highest BCUT2D eigenvalue weighted by atomic mass is 16.3. The van der Waals surface area contributed by atoms with E-state index in [0.29, 0.717) is 11.5 Å². The molecule has 1 fully saturated rings. The Hall–Kier alpha value is -0.0800. The first-order valence-corrected chi connectivity index (χ1v) is 5.96. The van der Waals surface area contributed by atoms with E-state index >= 15 is 0 Å². The van der Waals surface area contributed by atoms with Crippen molar-refractivity contribution in [3.8, 4) is 0 Å². The minimum atomic E-state index is -0.114. The van der Waals surface area contributed by atoms with Gasteiger partial charge in [0.2, 0.25) is 0 Å². The molecule has 0 aromatic carbocycles. The topological polar surface area (TPSA) is 32.3 Å². The van der Waals surface area contributed by atoms with Crippen LogP contribution in [0.5, 0.6) is 0 Å². The summed E-state index contributed by atoms with van der Waals surface area (Å²) in [5.41, 5.74) is 0.358. The molecular formula is C12H25NO. The van der Waals surface area contributed by atoms with E-state index in [1.54, 1.807) is 0 Å². The van der Waals surface area contributed by atoms with E-state index in [4.69, 9.17) is 0 Å². The molecule has 14 heavy (non-hydrogen) atoms. The lowest BCUT2D eigenvalue weighted by atomic mass is 9.88. The monoisotopic (exact) mass is 199 g/mol. The highest BCUT2D eigenvalue weighted by Crippen LogP contribution is 2.22. The Kier molecular flexibility index (Phi) is 4.39. The van der Waals surface area contributed by atoms with E-state index in [-0.39, 0.29) is 6.10 Å². The molecular weight excluding hydrogens is 174 g/mol. The van der Waals surface area contributed by atoms with Gasteiger partial charge < -0.3 is 10.4 Å². The van der Waals surface area contributed by atoms with Crippen LogP contribution in [0.1, 0.15) is 52.9 Å². The summed E-state index contributed by atoms with van der Waals surface area (Å²) < 4.78 is 0. The van der Waals surface area contributed by atoms with Crippen LogP contribution in [0.15, 0.2) is 0 Å². The van der Waals surface area contributed by atoms with Crippen molar-refractivity contribution in [2.24, 2.45) is 5.41 Å². The first kappa shape index (κ1) is 12.0. The second-order valence-electron chi connectivity index (χ2n) is 5.36. The number of hydrogen-bond acceptors (Lipinski definition) is 2. The van der Waals surface area contributed by atoms with Gasteiger partial charge in [0.25, 0.3) is 0 Å². The summed E-state index contributed by atoms with van der Waals surface area (Å²) in [7, 11) is 0. The summed E-state index contributed by atoms with van der Waals surface area (Å²) in [5, 5.41) is 13.3. The summed E-state index contributed by atoms with van der Waals surface area (Å²) in [6, 6.07) is 0.342. The van der Waals surface area contributed by atoms with Crippen molar-refractivity contribution in [1.82, 2.24) is 5.32 Å². The average Bonchev–Trinajstić information content (AvgIpc) is 2.17. The van der Waals surface area contributed by atoms with Crippen molar-refractivity contribution < 1.29 is 5.11 Å². The maximum Gasteiger partial charge on any atom is 0.0693 e. The van der Waals surface area contributed by atoms with Gasteiger partial charge in [0.1, 0.15) is 0 Å². The predicted octanol–water partition coefficient (Wildman–Crippen LogP) is 2.32. The van der Waals surface area contributed by atoms with Crippen molar-refractivity contribution >= 4 is 0 Å². The second kappa shape index (κ2) is 5.13. The van der Waals surface area contributed by atoms with Crippen molar-refractivity contribution in [3.05, 3.63) is 0 Å². The molecule has 0 bridgehead atoms. The molecule has 2 nitrogen and oxygen atoms in total. The smallest absolute Gasteiger partial charge is 0.0693 e. The molecule has 84 valence electrons. The van der Waals surface area contributed by atoms with Gasteiger partial charge in [-0.05, 0) is 24.7 Å². The lowest BCUT2D eigenvalue weighted by Crippen LogP contribution is -2.45. The summed E-state index contributed by atoms with van der Waals surface area (Å²) in [4.78, 5) is 0. The molecule has 1 saturated carbocycles. The number of nitrogens with one attached hydrogen (secondary N) is 1. The highest BCUT2D eigenvalue weighted by molar-refractivity contribution is 4.82. The molecule has 2 heteroatoms. The Morgan fingerprint density at radius 3 is 2.50 bits per heavy atom. The van der Waals surface area contributed by atoms with Gasteiger partial charge in [0.15, 0.2) is 0 Å². The van der Waals surface area contributed by atoms with Crippen molar-refractivity contribution in [2.75, 3.05) is 6.54 Å². The SMILES string of the molecule is CCC(C)(C)CNC1CCCCC1O. The third kappa shape index (κ3) is 3.58. The van der Waals surface area contributed by atoms with Gasteiger partial charge in [0.05, 0.1) is 6.10 Å². The maximum absolute atomic E-state index is 9.78. The first-order chi connectivity index (χ1) is 6.55. The average molecular weight is 199 g/mol. The third-order valence-electron chi connectivity index (χ3n) is 3.53. The van der Waals surface area contributed by atoms with Crippen molar-refractivity contribution in [3.63, 3.8) is 0 Å². The van der Waals surface area contributed by atoms with Crippen molar-refractivity contribution in [2.45, 2.75) is 65.0 Å². The standard InChI is InChI=1S/C12H25NO/c1-4-12(2,3)9-13-10-7-5-6-8-11(10)14/h10-11,13-14H,4-9H2,1-3H3. The van der Waals surface area contributed by atoms with Gasteiger partial charge in [-0.3, -0.25) is 0 Å². The van der Waals surface area contributed by atoms with Crippen molar-refractivity contribution in [1.29, 1.82) is 0 Å². The van der Waals surface area contributed by atoms with Gasteiger partial charge in [-0.2, -0.15) is 0 Å². The summed E-state index contributed by atoms with van der Waals surface area (Å²) in [5.74, 6) is 0. The minimum Gasteiger partial charge on any atom is -0.392 e. The van der Waals surface area contributed by atoms with Crippen LogP contribution in [0.4, 0.5) is 0 Å². The Balaban J connectivity index is 2.29. The molecule has 0 aliphatic heterocycles. The third-order valence-corrected chi connectivity index (χ3v) is 3.53. The summed E-state index contributed by atoms with van der Waals surface area (Å²) >= 11 is 0. The van der Waals surface area contributed by atoms with E-state index in [9.17, 15) is 5.11 Å². The zero-order valence-corrected chi connectivity index (χ0v) is 9.84. The van der Waals surface area contributed by atoms with E-state index in [0.717, 1.165) is 19.4 Å². The lowest BCUT2D eigenvalue weighted by molar-refractivity contribution is 0.0850. The molecule has 0 aromatic heterocycles. The van der Waals surface area contributed by atoms with E-state index < -0.39 is 0 Å². The molecule has 0 amide bonds.